The van der Waals surface area contributed by atoms with Crippen molar-refractivity contribution in [2.24, 2.45) is 0 Å². The van der Waals surface area contributed by atoms with E-state index in [-0.39, 0.29) is 5.69 Å². The van der Waals surface area contributed by atoms with Gasteiger partial charge in [-0.15, -0.1) is 0 Å². The Kier molecular flexibility index (Phi) is 5.44. The molecule has 1 N–H and O–H groups in total. The zero-order chi connectivity index (χ0) is 21.8. The van der Waals surface area contributed by atoms with E-state index in [0.29, 0.717) is 17.3 Å². The monoisotopic (exact) mass is 424 g/mol. The van der Waals surface area contributed by atoms with Crippen LogP contribution in [0.3, 0.4) is 0 Å². The fourth-order valence-corrected chi connectivity index (χ4v) is 2.79. The standard InChI is InChI=1S/C23H15F3N2O3/c24-23(25,26)21-14-16(27-22(29)28-21)8-11-19-12-13-20(31-19)15-6-9-18(10-7-15)30-17-4-2-1-3-5-17/h1-14H,(H,27,28,29)/b11-8+. The van der Waals surface area contributed by atoms with Gasteiger partial charge in [-0.1, -0.05) is 18.2 Å². The minimum atomic E-state index is -4.67. The minimum Gasteiger partial charge on any atom is -0.457 e. The summed E-state index contributed by atoms with van der Waals surface area (Å²) in [6, 6.07) is 20.8. The van der Waals surface area contributed by atoms with Crippen LogP contribution in [-0.2, 0) is 6.18 Å². The van der Waals surface area contributed by atoms with Crippen LogP contribution in [0.5, 0.6) is 11.5 Å². The van der Waals surface area contributed by atoms with E-state index in [4.69, 9.17) is 9.15 Å². The predicted octanol–water partition coefficient (Wildman–Crippen LogP) is 6.01. The number of alkyl halides is 3. The maximum atomic E-state index is 12.8. The number of nitrogens with zero attached hydrogens (tertiary/aromatic N) is 1. The molecule has 0 bridgehead atoms. The van der Waals surface area contributed by atoms with Crippen molar-refractivity contribution in [1.82, 2.24) is 9.97 Å². The Balaban J connectivity index is 1.48. The maximum absolute atomic E-state index is 12.8. The summed E-state index contributed by atoms with van der Waals surface area (Å²) in [5, 5.41) is 0. The van der Waals surface area contributed by atoms with E-state index in [1.807, 2.05) is 42.5 Å². The van der Waals surface area contributed by atoms with Gasteiger partial charge in [0, 0.05) is 5.56 Å². The third kappa shape index (κ3) is 5.11. The Morgan fingerprint density at radius 3 is 2.32 bits per heavy atom. The molecule has 0 aliphatic heterocycles. The molecule has 4 aromatic rings. The molecule has 0 saturated carbocycles. The van der Waals surface area contributed by atoms with E-state index in [0.717, 1.165) is 17.4 Å². The molecule has 0 spiro atoms. The molecule has 0 amide bonds. The molecular weight excluding hydrogens is 409 g/mol. The average Bonchev–Trinajstić information content (AvgIpc) is 3.22. The highest BCUT2D eigenvalue weighted by Gasteiger charge is 2.32. The van der Waals surface area contributed by atoms with Crippen LogP contribution in [0, 0.1) is 0 Å². The van der Waals surface area contributed by atoms with E-state index in [1.165, 1.54) is 12.2 Å². The summed E-state index contributed by atoms with van der Waals surface area (Å²) in [4.78, 5) is 16.6. The van der Waals surface area contributed by atoms with E-state index in [9.17, 15) is 18.0 Å². The first-order valence-corrected chi connectivity index (χ1v) is 9.17. The molecule has 156 valence electrons. The molecular formula is C23H15F3N2O3. The van der Waals surface area contributed by atoms with Crippen LogP contribution in [-0.4, -0.2) is 9.97 Å². The van der Waals surface area contributed by atoms with Gasteiger partial charge in [-0.2, -0.15) is 18.2 Å². The van der Waals surface area contributed by atoms with Crippen LogP contribution in [0.2, 0.25) is 0 Å². The van der Waals surface area contributed by atoms with Crippen molar-refractivity contribution in [3.8, 4) is 22.8 Å². The topological polar surface area (TPSA) is 68.1 Å². The van der Waals surface area contributed by atoms with E-state index in [2.05, 4.69) is 4.98 Å². The Bertz CT molecular complexity index is 1260. The van der Waals surface area contributed by atoms with Gasteiger partial charge in [0.25, 0.3) is 0 Å². The predicted molar refractivity (Wildman–Crippen MR) is 109 cm³/mol. The van der Waals surface area contributed by atoms with Crippen LogP contribution in [0.25, 0.3) is 23.5 Å². The number of ether oxygens (including phenoxy) is 1. The van der Waals surface area contributed by atoms with Gasteiger partial charge in [-0.25, -0.2) is 4.79 Å². The number of hydrogen-bond donors (Lipinski definition) is 1. The second kappa shape index (κ2) is 8.35. The molecule has 4 rings (SSSR count). The molecule has 8 heteroatoms. The van der Waals surface area contributed by atoms with Crippen LogP contribution < -0.4 is 10.4 Å². The van der Waals surface area contributed by atoms with Crippen LogP contribution >= 0.6 is 0 Å². The molecule has 2 aromatic carbocycles. The number of benzene rings is 2. The Labute approximate surface area is 174 Å². The van der Waals surface area contributed by atoms with Crippen molar-refractivity contribution in [1.29, 1.82) is 0 Å². The van der Waals surface area contributed by atoms with Crippen molar-refractivity contribution in [3.05, 3.63) is 100 Å². The second-order valence-electron chi connectivity index (χ2n) is 6.50. The van der Waals surface area contributed by atoms with Crippen LogP contribution in [0.15, 0.2) is 82.0 Å². The lowest BCUT2D eigenvalue weighted by Gasteiger charge is -2.06. The van der Waals surface area contributed by atoms with Crippen LogP contribution in [0.4, 0.5) is 13.2 Å². The molecule has 31 heavy (non-hydrogen) atoms. The fourth-order valence-electron chi connectivity index (χ4n) is 2.79. The molecule has 0 saturated heterocycles. The number of aromatic nitrogens is 2. The number of halogens is 3. The summed E-state index contributed by atoms with van der Waals surface area (Å²) in [7, 11) is 0. The largest absolute Gasteiger partial charge is 0.457 e. The number of aromatic amines is 1. The Morgan fingerprint density at radius 1 is 0.903 bits per heavy atom. The van der Waals surface area contributed by atoms with Gasteiger partial charge < -0.3 is 14.1 Å². The van der Waals surface area contributed by atoms with Crippen LogP contribution in [0.1, 0.15) is 17.1 Å². The third-order valence-corrected chi connectivity index (χ3v) is 4.23. The molecule has 0 atom stereocenters. The van der Waals surface area contributed by atoms with Gasteiger partial charge in [0.1, 0.15) is 28.7 Å². The zero-order valence-corrected chi connectivity index (χ0v) is 15.9. The third-order valence-electron chi connectivity index (χ3n) is 4.23. The second-order valence-corrected chi connectivity index (χ2v) is 6.50. The van der Waals surface area contributed by atoms with E-state index >= 15 is 0 Å². The summed E-state index contributed by atoms with van der Waals surface area (Å²) in [5.74, 6) is 2.36. The van der Waals surface area contributed by atoms with Crippen molar-refractivity contribution in [3.63, 3.8) is 0 Å². The number of para-hydroxylation sites is 1. The van der Waals surface area contributed by atoms with Gasteiger partial charge in [0.15, 0.2) is 0 Å². The quantitative estimate of drug-likeness (QED) is 0.426. The van der Waals surface area contributed by atoms with Gasteiger partial charge in [0.2, 0.25) is 0 Å². The smallest absolute Gasteiger partial charge is 0.431 e. The van der Waals surface area contributed by atoms with Gasteiger partial charge >= 0.3 is 11.9 Å². The number of H-pyrrole nitrogens is 1. The van der Waals surface area contributed by atoms with E-state index < -0.39 is 17.6 Å². The summed E-state index contributed by atoms with van der Waals surface area (Å²) in [6.07, 6.45) is -1.94. The Morgan fingerprint density at radius 2 is 1.61 bits per heavy atom. The average molecular weight is 424 g/mol. The Hall–Kier alpha value is -4.07. The maximum Gasteiger partial charge on any atom is 0.431 e. The highest BCUT2D eigenvalue weighted by Crippen LogP contribution is 2.28. The highest BCUT2D eigenvalue weighted by atomic mass is 19.4. The van der Waals surface area contributed by atoms with Crippen molar-refractivity contribution in [2.45, 2.75) is 6.18 Å². The summed E-state index contributed by atoms with van der Waals surface area (Å²) < 4.78 is 49.9. The molecule has 2 heterocycles. The molecule has 0 radical (unpaired) electrons. The first-order valence-electron chi connectivity index (χ1n) is 9.17. The summed E-state index contributed by atoms with van der Waals surface area (Å²) in [6.45, 7) is 0. The SMILES string of the molecule is O=c1nc(/C=C/c2ccc(-c3ccc(Oc4ccccc4)cc3)o2)cc(C(F)(F)F)[nH]1. The van der Waals surface area contributed by atoms with Gasteiger partial charge in [-0.3, -0.25) is 0 Å². The lowest BCUT2D eigenvalue weighted by atomic mass is 10.2. The molecule has 5 nitrogen and oxygen atoms in total. The first-order chi connectivity index (χ1) is 14.9. The van der Waals surface area contributed by atoms with Crippen molar-refractivity contribution in [2.75, 3.05) is 0 Å². The normalized spacial score (nSPS) is 11.7. The lowest BCUT2D eigenvalue weighted by molar-refractivity contribution is -0.141. The minimum absolute atomic E-state index is 0.128. The van der Waals surface area contributed by atoms with Gasteiger partial charge in [0.05, 0.1) is 5.69 Å². The summed E-state index contributed by atoms with van der Waals surface area (Å²) >= 11 is 0. The number of hydrogen-bond acceptors (Lipinski definition) is 4. The fraction of sp³-hybridized carbons (Fsp3) is 0.0435. The van der Waals surface area contributed by atoms with Gasteiger partial charge in [-0.05, 0) is 66.7 Å². The van der Waals surface area contributed by atoms with Crippen molar-refractivity contribution >= 4 is 12.2 Å². The molecule has 0 aliphatic rings. The number of nitrogens with one attached hydrogen (secondary N) is 1. The zero-order valence-electron chi connectivity index (χ0n) is 15.9. The first kappa shape index (κ1) is 20.2. The van der Waals surface area contributed by atoms with E-state index in [1.54, 1.807) is 29.2 Å². The lowest BCUT2D eigenvalue weighted by Crippen LogP contribution is -2.19. The molecule has 0 aliphatic carbocycles. The highest BCUT2D eigenvalue weighted by molar-refractivity contribution is 5.68. The summed E-state index contributed by atoms with van der Waals surface area (Å²) in [5.41, 5.74) is -1.57. The molecule has 2 aromatic heterocycles. The van der Waals surface area contributed by atoms with Crippen molar-refractivity contribution < 1.29 is 22.3 Å². The number of furan rings is 1. The molecule has 0 unspecified atom stereocenters. The number of rotatable bonds is 5. The molecule has 0 fully saturated rings.